The van der Waals surface area contributed by atoms with Gasteiger partial charge in [0.1, 0.15) is 0 Å². The Morgan fingerprint density at radius 1 is 1.20 bits per heavy atom. The number of rotatable bonds is 3. The van der Waals surface area contributed by atoms with Crippen molar-refractivity contribution in [3.8, 4) is 0 Å². The van der Waals surface area contributed by atoms with Crippen LogP contribution in [-0.4, -0.2) is 67.3 Å². The minimum absolute atomic E-state index is 0.406. The molecule has 6 nitrogen and oxygen atoms in total. The average Bonchev–Trinajstić information content (AvgIpc) is 2.92. The largest absolute Gasteiger partial charge is 0.347 e. The molecule has 2 fully saturated rings. The predicted molar refractivity (Wildman–Crippen MR) is 73.0 cm³/mol. The van der Waals surface area contributed by atoms with Crippen LogP contribution in [0.25, 0.3) is 0 Å². The van der Waals surface area contributed by atoms with Crippen LogP contribution < -0.4 is 0 Å². The minimum Gasteiger partial charge on any atom is -0.347 e. The Balaban J connectivity index is 1.83. The normalized spacial score (nSPS) is 21.2. The molecule has 2 heterocycles. The molecule has 0 radical (unpaired) electrons. The van der Waals surface area contributed by atoms with Gasteiger partial charge in [0.05, 0.1) is 13.2 Å². The fraction of sp³-hybridized carbons (Fsp3) is 0.857. The zero-order valence-electron chi connectivity index (χ0n) is 12.4. The van der Waals surface area contributed by atoms with Crippen LogP contribution in [0.5, 0.6) is 0 Å². The third-order valence-electron chi connectivity index (χ3n) is 4.00. The highest BCUT2D eigenvalue weighted by Crippen LogP contribution is 2.31. The summed E-state index contributed by atoms with van der Waals surface area (Å²) in [6, 6.07) is 0. The summed E-state index contributed by atoms with van der Waals surface area (Å²) in [6.45, 7) is 4.97. The van der Waals surface area contributed by atoms with E-state index in [9.17, 15) is 9.59 Å². The highest BCUT2D eigenvalue weighted by atomic mass is 16.7. The number of ether oxygens (including phenoxy) is 2. The van der Waals surface area contributed by atoms with Crippen LogP contribution in [-0.2, 0) is 19.1 Å². The molecule has 20 heavy (non-hydrogen) atoms. The van der Waals surface area contributed by atoms with Gasteiger partial charge in [-0.2, -0.15) is 0 Å². The number of likely N-dealkylation sites (N-methyl/N-ethyl adjacent to an activating group) is 1. The van der Waals surface area contributed by atoms with E-state index in [0.717, 1.165) is 12.8 Å². The summed E-state index contributed by atoms with van der Waals surface area (Å²) in [6.07, 6.45) is 3.21. The van der Waals surface area contributed by atoms with Gasteiger partial charge in [-0.25, -0.2) is 0 Å². The number of likely N-dealkylation sites (tertiary alicyclic amines) is 1. The number of hydrogen-bond acceptors (Lipinski definition) is 4. The number of unbranched alkanes of at least 4 members (excludes halogenated alkanes) is 1. The van der Waals surface area contributed by atoms with Crippen molar-refractivity contribution in [2.45, 2.75) is 38.4 Å². The van der Waals surface area contributed by atoms with E-state index in [0.29, 0.717) is 45.7 Å². The summed E-state index contributed by atoms with van der Waals surface area (Å²) in [7, 11) is 1.69. The van der Waals surface area contributed by atoms with Crippen molar-refractivity contribution in [2.75, 3.05) is 39.9 Å². The van der Waals surface area contributed by atoms with Crippen LogP contribution in [0.1, 0.15) is 32.6 Å². The summed E-state index contributed by atoms with van der Waals surface area (Å²) < 4.78 is 11.2. The molecule has 2 aliphatic rings. The van der Waals surface area contributed by atoms with Crippen LogP contribution >= 0.6 is 0 Å². The van der Waals surface area contributed by atoms with Crippen molar-refractivity contribution in [1.29, 1.82) is 0 Å². The number of carbonyl (C=O) groups is 2. The predicted octanol–water partition coefficient (Wildman–Crippen LogP) is 0.610. The van der Waals surface area contributed by atoms with Crippen LogP contribution in [0.3, 0.4) is 0 Å². The Morgan fingerprint density at radius 3 is 2.35 bits per heavy atom. The van der Waals surface area contributed by atoms with Gasteiger partial charge >= 0.3 is 11.8 Å². The summed E-state index contributed by atoms with van der Waals surface area (Å²) in [5.74, 6) is -1.33. The van der Waals surface area contributed by atoms with Crippen molar-refractivity contribution in [1.82, 2.24) is 9.80 Å². The number of carbonyl (C=O) groups excluding carboxylic acids is 2. The van der Waals surface area contributed by atoms with Gasteiger partial charge in [-0.1, -0.05) is 13.3 Å². The SMILES string of the molecule is CCCCN(C)C(=O)C(=O)N1CCC2(CC1)OCCO2. The van der Waals surface area contributed by atoms with Gasteiger partial charge in [0.15, 0.2) is 5.79 Å². The van der Waals surface area contributed by atoms with E-state index in [1.165, 1.54) is 4.90 Å². The maximum atomic E-state index is 12.2. The van der Waals surface area contributed by atoms with E-state index in [1.54, 1.807) is 11.9 Å². The van der Waals surface area contributed by atoms with E-state index >= 15 is 0 Å². The first-order valence-electron chi connectivity index (χ1n) is 7.40. The highest BCUT2D eigenvalue weighted by molar-refractivity contribution is 6.34. The van der Waals surface area contributed by atoms with Gasteiger partial charge in [0, 0.05) is 39.5 Å². The Kier molecular flexibility index (Phi) is 4.99. The van der Waals surface area contributed by atoms with E-state index in [2.05, 4.69) is 6.92 Å². The second-order valence-electron chi connectivity index (χ2n) is 5.48. The molecule has 0 bridgehead atoms. The highest BCUT2D eigenvalue weighted by Gasteiger charge is 2.41. The molecule has 2 aliphatic heterocycles. The Morgan fingerprint density at radius 2 is 1.80 bits per heavy atom. The second-order valence-corrected chi connectivity index (χ2v) is 5.48. The average molecular weight is 284 g/mol. The van der Waals surface area contributed by atoms with Crippen LogP contribution in [0, 0.1) is 0 Å². The number of amides is 2. The summed E-state index contributed by atoms with van der Waals surface area (Å²) in [5.41, 5.74) is 0. The maximum absolute atomic E-state index is 12.2. The quantitative estimate of drug-likeness (QED) is 0.713. The minimum atomic E-state index is -0.506. The van der Waals surface area contributed by atoms with Crippen LogP contribution in [0.4, 0.5) is 0 Å². The van der Waals surface area contributed by atoms with E-state index < -0.39 is 17.6 Å². The van der Waals surface area contributed by atoms with Gasteiger partial charge in [-0.15, -0.1) is 0 Å². The molecule has 2 saturated heterocycles. The topological polar surface area (TPSA) is 59.1 Å². The standard InChI is InChI=1S/C14H24N2O4/c1-3-4-7-15(2)12(17)13(18)16-8-5-14(6-9-16)19-10-11-20-14/h3-11H2,1-2H3. The molecule has 0 aromatic carbocycles. The Labute approximate surface area is 120 Å². The zero-order chi connectivity index (χ0) is 14.6. The molecule has 0 unspecified atom stereocenters. The second kappa shape index (κ2) is 6.54. The van der Waals surface area contributed by atoms with Crippen LogP contribution in [0.15, 0.2) is 0 Å². The number of hydrogen-bond donors (Lipinski definition) is 0. The van der Waals surface area contributed by atoms with Crippen molar-refractivity contribution in [2.24, 2.45) is 0 Å². The van der Waals surface area contributed by atoms with E-state index in [1.807, 2.05) is 0 Å². The number of piperidine rings is 1. The van der Waals surface area contributed by atoms with E-state index in [4.69, 9.17) is 9.47 Å². The first kappa shape index (κ1) is 15.3. The Bertz CT molecular complexity index is 356. The molecule has 0 aliphatic carbocycles. The molecular weight excluding hydrogens is 260 g/mol. The molecule has 114 valence electrons. The lowest BCUT2D eigenvalue weighted by molar-refractivity contribution is -0.188. The molecule has 6 heteroatoms. The third kappa shape index (κ3) is 3.30. The molecule has 0 N–H and O–H groups in total. The number of nitrogens with zero attached hydrogens (tertiary/aromatic N) is 2. The molecule has 0 aromatic rings. The van der Waals surface area contributed by atoms with Crippen LogP contribution in [0.2, 0.25) is 0 Å². The third-order valence-corrected chi connectivity index (χ3v) is 4.00. The Hall–Kier alpha value is -1.14. The molecule has 2 rings (SSSR count). The van der Waals surface area contributed by atoms with Gasteiger partial charge in [0.2, 0.25) is 0 Å². The molecule has 0 saturated carbocycles. The zero-order valence-corrected chi connectivity index (χ0v) is 12.4. The summed E-state index contributed by atoms with van der Waals surface area (Å²) >= 11 is 0. The van der Waals surface area contributed by atoms with Crippen molar-refractivity contribution in [3.63, 3.8) is 0 Å². The molecule has 2 amide bonds. The molecular formula is C14H24N2O4. The van der Waals surface area contributed by atoms with Crippen molar-refractivity contribution >= 4 is 11.8 Å². The lowest BCUT2D eigenvalue weighted by atomic mass is 10.0. The van der Waals surface area contributed by atoms with Crippen molar-refractivity contribution < 1.29 is 19.1 Å². The molecule has 0 aromatic heterocycles. The monoisotopic (exact) mass is 284 g/mol. The lowest BCUT2D eigenvalue weighted by Crippen LogP contribution is -2.51. The van der Waals surface area contributed by atoms with E-state index in [-0.39, 0.29) is 0 Å². The molecule has 1 spiro atoms. The lowest BCUT2D eigenvalue weighted by Gasteiger charge is -2.37. The fourth-order valence-corrected chi connectivity index (χ4v) is 2.63. The van der Waals surface area contributed by atoms with Gasteiger partial charge in [0.25, 0.3) is 0 Å². The fourth-order valence-electron chi connectivity index (χ4n) is 2.63. The van der Waals surface area contributed by atoms with Crippen molar-refractivity contribution in [3.05, 3.63) is 0 Å². The maximum Gasteiger partial charge on any atom is 0.312 e. The smallest absolute Gasteiger partial charge is 0.312 e. The first-order valence-corrected chi connectivity index (χ1v) is 7.40. The summed E-state index contributed by atoms with van der Waals surface area (Å²) in [4.78, 5) is 27.3. The van der Waals surface area contributed by atoms with Gasteiger partial charge < -0.3 is 19.3 Å². The first-order chi connectivity index (χ1) is 9.58. The summed E-state index contributed by atoms with van der Waals surface area (Å²) in [5, 5.41) is 0. The van der Waals surface area contributed by atoms with Gasteiger partial charge in [-0.3, -0.25) is 9.59 Å². The van der Waals surface area contributed by atoms with Gasteiger partial charge in [-0.05, 0) is 6.42 Å². The molecule has 0 atom stereocenters.